The summed E-state index contributed by atoms with van der Waals surface area (Å²) in [6.07, 6.45) is 4.61. The van der Waals surface area contributed by atoms with Crippen LogP contribution in [0.1, 0.15) is 35.1 Å². The third kappa shape index (κ3) is 4.07. The van der Waals surface area contributed by atoms with E-state index in [-0.39, 0.29) is 18.0 Å². The fourth-order valence-electron chi connectivity index (χ4n) is 3.79. The first-order valence-corrected chi connectivity index (χ1v) is 9.94. The summed E-state index contributed by atoms with van der Waals surface area (Å²) < 4.78 is 5.61. The fourth-order valence-corrected chi connectivity index (χ4v) is 3.79. The molecule has 4 rings (SSSR count). The molecule has 29 heavy (non-hydrogen) atoms. The van der Waals surface area contributed by atoms with Gasteiger partial charge >= 0.3 is 0 Å². The highest BCUT2D eigenvalue weighted by molar-refractivity contribution is 5.84. The van der Waals surface area contributed by atoms with E-state index < -0.39 is 6.10 Å². The molecule has 0 aliphatic carbocycles. The summed E-state index contributed by atoms with van der Waals surface area (Å²) in [7, 11) is 0. The van der Waals surface area contributed by atoms with Crippen LogP contribution in [0, 0.1) is 13.8 Å². The van der Waals surface area contributed by atoms with Crippen molar-refractivity contribution in [1.82, 2.24) is 14.9 Å². The van der Waals surface area contributed by atoms with Gasteiger partial charge < -0.3 is 14.6 Å². The molecule has 1 aliphatic heterocycles. The number of ether oxygens (including phenoxy) is 1. The monoisotopic (exact) mass is 391 g/mol. The maximum Gasteiger partial charge on any atom is 0.253 e. The highest BCUT2D eigenvalue weighted by Crippen LogP contribution is 2.21. The second-order valence-corrected chi connectivity index (χ2v) is 7.65. The zero-order valence-corrected chi connectivity index (χ0v) is 16.8. The first-order valence-electron chi connectivity index (χ1n) is 9.94. The van der Waals surface area contributed by atoms with E-state index >= 15 is 0 Å². The molecule has 150 valence electrons. The summed E-state index contributed by atoms with van der Waals surface area (Å²) in [5, 5.41) is 0.966. The highest BCUT2D eigenvalue weighted by Gasteiger charge is 2.29. The van der Waals surface area contributed by atoms with Crippen LogP contribution in [0.3, 0.4) is 0 Å². The van der Waals surface area contributed by atoms with Gasteiger partial charge in [0.05, 0.1) is 12.1 Å². The first kappa shape index (κ1) is 19.3. The predicted molar refractivity (Wildman–Crippen MR) is 112 cm³/mol. The Hall–Kier alpha value is -2.99. The Bertz CT molecular complexity index is 1090. The van der Waals surface area contributed by atoms with E-state index in [2.05, 4.69) is 9.97 Å². The third-order valence-corrected chi connectivity index (χ3v) is 5.60. The number of amides is 1. The molecule has 0 saturated carbocycles. The topological polar surface area (TPSA) is 75.3 Å². The molecule has 6 nitrogen and oxygen atoms in total. The normalized spacial score (nSPS) is 16.3. The van der Waals surface area contributed by atoms with Crippen LogP contribution in [0.15, 0.2) is 47.5 Å². The standard InChI is InChI=1S/C23H25N3O3/c1-15-7-8-18-11-19(22(27)25-21(18)16(15)2)14-26(13-17-5-3-9-24-12-17)23(28)20-6-4-10-29-20/h3,5,7-9,11-12,20H,4,6,10,13-14H2,1-2H3,(H,25,27)/t20-/m0/s1. The molecule has 6 heteroatoms. The molecule has 1 aromatic carbocycles. The number of benzene rings is 1. The summed E-state index contributed by atoms with van der Waals surface area (Å²) in [6.45, 7) is 5.24. The summed E-state index contributed by atoms with van der Waals surface area (Å²) in [5.74, 6) is -0.0778. The van der Waals surface area contributed by atoms with E-state index in [4.69, 9.17) is 4.74 Å². The maximum absolute atomic E-state index is 13.1. The van der Waals surface area contributed by atoms with Crippen LogP contribution >= 0.6 is 0 Å². The molecule has 3 aromatic rings. The number of rotatable bonds is 5. The van der Waals surface area contributed by atoms with Gasteiger partial charge in [0.25, 0.3) is 11.5 Å². The van der Waals surface area contributed by atoms with Gasteiger partial charge in [-0.05, 0) is 60.9 Å². The molecule has 3 heterocycles. The average Bonchev–Trinajstić information content (AvgIpc) is 3.26. The number of carbonyl (C=O) groups is 1. The Morgan fingerprint density at radius 3 is 2.86 bits per heavy atom. The van der Waals surface area contributed by atoms with Gasteiger partial charge in [0.15, 0.2) is 0 Å². The Morgan fingerprint density at radius 2 is 2.14 bits per heavy atom. The molecule has 0 unspecified atom stereocenters. The number of pyridine rings is 2. The molecule has 1 N–H and O–H groups in total. The van der Waals surface area contributed by atoms with Crippen molar-refractivity contribution in [2.45, 2.75) is 45.9 Å². The van der Waals surface area contributed by atoms with Crippen molar-refractivity contribution in [2.24, 2.45) is 0 Å². The van der Waals surface area contributed by atoms with Crippen molar-refractivity contribution in [3.05, 3.63) is 75.3 Å². The number of nitrogens with zero attached hydrogens (tertiary/aromatic N) is 2. The van der Waals surface area contributed by atoms with Crippen molar-refractivity contribution in [3.8, 4) is 0 Å². The van der Waals surface area contributed by atoms with Gasteiger partial charge in [-0.25, -0.2) is 0 Å². The lowest BCUT2D eigenvalue weighted by molar-refractivity contribution is -0.142. The SMILES string of the molecule is Cc1ccc2cc(CN(Cc3cccnc3)C(=O)[C@@H]3CCCO3)c(=O)[nH]c2c1C. The molecular formula is C23H25N3O3. The zero-order chi connectivity index (χ0) is 20.4. The lowest BCUT2D eigenvalue weighted by atomic mass is 10.0. The molecule has 1 atom stereocenters. The lowest BCUT2D eigenvalue weighted by Crippen LogP contribution is -2.39. The van der Waals surface area contributed by atoms with Gasteiger partial charge in [-0.15, -0.1) is 0 Å². The second-order valence-electron chi connectivity index (χ2n) is 7.65. The average molecular weight is 391 g/mol. The number of nitrogens with one attached hydrogen (secondary N) is 1. The Labute approximate surface area is 169 Å². The Kier molecular flexibility index (Phi) is 5.45. The van der Waals surface area contributed by atoms with Gasteiger partial charge in [0.2, 0.25) is 0 Å². The molecule has 1 fully saturated rings. The van der Waals surface area contributed by atoms with Crippen molar-refractivity contribution < 1.29 is 9.53 Å². The van der Waals surface area contributed by atoms with Crippen LogP contribution in [0.5, 0.6) is 0 Å². The van der Waals surface area contributed by atoms with E-state index in [0.717, 1.165) is 40.4 Å². The summed E-state index contributed by atoms with van der Waals surface area (Å²) in [4.78, 5) is 34.7. The number of aromatic nitrogens is 2. The lowest BCUT2D eigenvalue weighted by Gasteiger charge is -2.25. The molecule has 2 aromatic heterocycles. The van der Waals surface area contributed by atoms with Crippen LogP contribution in [0.25, 0.3) is 10.9 Å². The number of fused-ring (bicyclic) bond motifs is 1. The quantitative estimate of drug-likeness (QED) is 0.724. The van der Waals surface area contributed by atoms with Gasteiger partial charge in [0.1, 0.15) is 6.10 Å². The van der Waals surface area contributed by atoms with E-state index in [1.54, 1.807) is 17.3 Å². The molecule has 0 radical (unpaired) electrons. The number of hydrogen-bond acceptors (Lipinski definition) is 4. The summed E-state index contributed by atoms with van der Waals surface area (Å²) in [6, 6.07) is 9.71. The highest BCUT2D eigenvalue weighted by atomic mass is 16.5. The Morgan fingerprint density at radius 1 is 1.28 bits per heavy atom. The van der Waals surface area contributed by atoms with Gasteiger partial charge in [-0.2, -0.15) is 0 Å². The largest absolute Gasteiger partial charge is 0.368 e. The molecular weight excluding hydrogens is 366 g/mol. The van der Waals surface area contributed by atoms with Gasteiger partial charge in [-0.1, -0.05) is 18.2 Å². The first-order chi connectivity index (χ1) is 14.0. The Balaban J connectivity index is 1.67. The van der Waals surface area contributed by atoms with Crippen molar-refractivity contribution in [1.29, 1.82) is 0 Å². The molecule has 0 spiro atoms. The van der Waals surface area contributed by atoms with Crippen LogP contribution in [-0.4, -0.2) is 33.5 Å². The minimum absolute atomic E-state index is 0.0778. The summed E-state index contributed by atoms with van der Waals surface area (Å²) >= 11 is 0. The minimum atomic E-state index is -0.434. The number of carbonyl (C=O) groups excluding carboxylic acids is 1. The van der Waals surface area contributed by atoms with E-state index in [1.807, 2.05) is 44.2 Å². The number of H-pyrrole nitrogens is 1. The maximum atomic E-state index is 13.1. The van der Waals surface area contributed by atoms with E-state index in [9.17, 15) is 9.59 Å². The van der Waals surface area contributed by atoms with Crippen molar-refractivity contribution in [2.75, 3.05) is 6.61 Å². The molecule has 1 aliphatic rings. The zero-order valence-electron chi connectivity index (χ0n) is 16.8. The minimum Gasteiger partial charge on any atom is -0.368 e. The predicted octanol–water partition coefficient (Wildman–Crippen LogP) is 3.25. The van der Waals surface area contributed by atoms with E-state index in [1.165, 1.54) is 0 Å². The number of aryl methyl sites for hydroxylation is 2. The number of aromatic amines is 1. The molecule has 1 amide bonds. The third-order valence-electron chi connectivity index (χ3n) is 5.60. The van der Waals surface area contributed by atoms with Crippen LogP contribution < -0.4 is 5.56 Å². The van der Waals surface area contributed by atoms with Crippen LogP contribution in [0.4, 0.5) is 0 Å². The van der Waals surface area contributed by atoms with Crippen molar-refractivity contribution in [3.63, 3.8) is 0 Å². The summed E-state index contributed by atoms with van der Waals surface area (Å²) in [5.41, 5.74) is 4.37. The van der Waals surface area contributed by atoms with Crippen molar-refractivity contribution >= 4 is 16.8 Å². The second kappa shape index (κ2) is 8.17. The smallest absolute Gasteiger partial charge is 0.253 e. The fraction of sp³-hybridized carbons (Fsp3) is 0.348. The van der Waals surface area contributed by atoms with Crippen LogP contribution in [-0.2, 0) is 22.6 Å². The van der Waals surface area contributed by atoms with Crippen LogP contribution in [0.2, 0.25) is 0 Å². The molecule has 1 saturated heterocycles. The molecule has 0 bridgehead atoms. The number of hydrogen-bond donors (Lipinski definition) is 1. The van der Waals surface area contributed by atoms with E-state index in [0.29, 0.717) is 18.7 Å². The van der Waals surface area contributed by atoms with Gasteiger partial charge in [-0.3, -0.25) is 14.6 Å². The van der Waals surface area contributed by atoms with Gasteiger partial charge in [0, 0.05) is 31.1 Å².